The van der Waals surface area contributed by atoms with Crippen LogP contribution in [0.25, 0.3) is 0 Å². The van der Waals surface area contributed by atoms with Gasteiger partial charge in [0.2, 0.25) is 5.91 Å². The Hall–Kier alpha value is -1.45. The summed E-state index contributed by atoms with van der Waals surface area (Å²) < 4.78 is 31.7. The number of aryl methyl sites for hydroxylation is 1. The molecule has 6 nitrogen and oxygen atoms in total. The monoisotopic (exact) mass is 319 g/mol. The lowest BCUT2D eigenvalue weighted by Crippen LogP contribution is -2.30. The van der Waals surface area contributed by atoms with Gasteiger partial charge in [0.05, 0.1) is 12.2 Å². The zero-order valence-electron chi connectivity index (χ0n) is 11.3. The molecule has 1 aromatic rings. The highest BCUT2D eigenvalue weighted by atomic mass is 32.2. The number of ether oxygens (including phenoxy) is 1. The second kappa shape index (κ2) is 7.01. The van der Waals surface area contributed by atoms with Crippen molar-refractivity contribution in [2.75, 3.05) is 25.6 Å². The van der Waals surface area contributed by atoms with Crippen LogP contribution in [0.2, 0.25) is 0 Å². The molecule has 1 saturated heterocycles. The fourth-order valence-corrected chi connectivity index (χ4v) is 2.87. The molecule has 1 amide bonds. The number of hydrogen-bond donors (Lipinski definition) is 2. The number of alkyl halides is 1. The molecule has 2 rings (SSSR count). The fraction of sp³-hybridized carbons (Fsp3) is 0.500. The van der Waals surface area contributed by atoms with Crippen LogP contribution in [0, 0.1) is 5.82 Å². The van der Waals surface area contributed by atoms with Crippen LogP contribution < -0.4 is 16.2 Å². The molecule has 0 aromatic carbocycles. The van der Waals surface area contributed by atoms with Gasteiger partial charge in [-0.3, -0.25) is 14.9 Å². The van der Waals surface area contributed by atoms with Crippen LogP contribution in [0.5, 0.6) is 0 Å². The third-order valence-corrected chi connectivity index (χ3v) is 4.22. The lowest BCUT2D eigenvalue weighted by molar-refractivity contribution is -0.115. The second-order valence-corrected chi connectivity index (χ2v) is 5.62. The first-order chi connectivity index (χ1) is 10.0. The molecule has 1 aliphatic heterocycles. The van der Waals surface area contributed by atoms with Crippen LogP contribution in [0.15, 0.2) is 17.1 Å². The third-order valence-electron chi connectivity index (χ3n) is 2.90. The van der Waals surface area contributed by atoms with Crippen molar-refractivity contribution in [2.24, 2.45) is 0 Å². The second-order valence-electron chi connectivity index (χ2n) is 4.35. The number of pyridine rings is 1. The summed E-state index contributed by atoms with van der Waals surface area (Å²) in [6.45, 7) is -0.638. The number of anilines is 1. The van der Waals surface area contributed by atoms with Gasteiger partial charge < -0.3 is 14.6 Å². The number of carbonyl (C=O) groups is 1. The van der Waals surface area contributed by atoms with Crippen molar-refractivity contribution in [2.45, 2.75) is 17.4 Å². The number of nitrogens with one attached hydrogen (secondary N) is 2. The van der Waals surface area contributed by atoms with E-state index in [1.165, 1.54) is 25.1 Å². The molecule has 1 fully saturated rings. The molecule has 2 N–H and O–H groups in total. The number of aromatic nitrogens is 1. The smallest absolute Gasteiger partial charge is 0.286 e. The molecule has 116 valence electrons. The summed E-state index contributed by atoms with van der Waals surface area (Å²) in [5.41, 5.74) is -1.06. The van der Waals surface area contributed by atoms with E-state index < -0.39 is 18.1 Å². The normalized spacial score (nSPS) is 21.5. The molecule has 1 aromatic heterocycles. The Morgan fingerprint density at radius 1 is 1.67 bits per heavy atom. The Morgan fingerprint density at radius 3 is 3.05 bits per heavy atom. The van der Waals surface area contributed by atoms with Gasteiger partial charge in [0.1, 0.15) is 11.9 Å². The molecule has 1 aliphatic rings. The zero-order valence-corrected chi connectivity index (χ0v) is 12.1. The topological polar surface area (TPSA) is 72.4 Å². The number of rotatable bonds is 5. The molecular weight excluding hydrogens is 304 g/mol. The molecule has 0 saturated carbocycles. The molecule has 0 bridgehead atoms. The number of methoxy groups -OCH3 is 1. The molecule has 2 atom stereocenters. The number of thioether (sulfide) groups is 1. The molecule has 9 heteroatoms. The Balaban J connectivity index is 2.09. The molecule has 0 spiro atoms. The SMILES string of the molecule is COC1NCC(C(=O)Nc2cc(F)c(=O)n(CCF)c2)S1. The highest BCUT2D eigenvalue weighted by molar-refractivity contribution is 8.01. The minimum atomic E-state index is -1.03. The summed E-state index contributed by atoms with van der Waals surface area (Å²) in [7, 11) is 1.52. The van der Waals surface area contributed by atoms with Gasteiger partial charge in [-0.2, -0.15) is 0 Å². The summed E-state index contributed by atoms with van der Waals surface area (Å²) in [5.74, 6) is -1.37. The lowest BCUT2D eigenvalue weighted by Gasteiger charge is -2.12. The van der Waals surface area contributed by atoms with Crippen LogP contribution in [0.4, 0.5) is 14.5 Å². The van der Waals surface area contributed by atoms with Crippen LogP contribution in [-0.4, -0.2) is 41.6 Å². The fourth-order valence-electron chi connectivity index (χ4n) is 1.89. The molecular formula is C12H15F2N3O3S. The summed E-state index contributed by atoms with van der Waals surface area (Å²) in [4.78, 5) is 23.4. The van der Waals surface area contributed by atoms with Crippen LogP contribution in [-0.2, 0) is 16.1 Å². The van der Waals surface area contributed by atoms with Gasteiger partial charge in [-0.1, -0.05) is 11.8 Å². The van der Waals surface area contributed by atoms with E-state index in [9.17, 15) is 18.4 Å². The number of amides is 1. The van der Waals surface area contributed by atoms with Crippen LogP contribution in [0.1, 0.15) is 0 Å². The van der Waals surface area contributed by atoms with E-state index in [1.807, 2.05) is 0 Å². The van der Waals surface area contributed by atoms with E-state index in [0.29, 0.717) is 6.54 Å². The van der Waals surface area contributed by atoms with Crippen molar-refractivity contribution in [3.05, 3.63) is 28.4 Å². The van der Waals surface area contributed by atoms with Gasteiger partial charge in [-0.05, 0) is 0 Å². The number of carbonyl (C=O) groups excluding carboxylic acids is 1. The van der Waals surface area contributed by atoms with E-state index in [1.54, 1.807) is 0 Å². The predicted octanol–water partition coefficient (Wildman–Crippen LogP) is 0.530. The first kappa shape index (κ1) is 15.9. The van der Waals surface area contributed by atoms with Gasteiger partial charge >= 0.3 is 0 Å². The molecule has 2 heterocycles. The number of nitrogens with zero attached hydrogens (tertiary/aromatic N) is 1. The standard InChI is InChI=1S/C12H15F2N3O3S/c1-20-12-15-5-9(21-12)10(18)16-7-4-8(14)11(19)17(6-7)3-2-13/h4,6,9,12,15H,2-3,5H2,1H3,(H,16,18). The van der Waals surface area contributed by atoms with Crippen LogP contribution >= 0.6 is 11.8 Å². The molecule has 0 aliphatic carbocycles. The summed E-state index contributed by atoms with van der Waals surface area (Å²) in [6, 6.07) is 0.926. The van der Waals surface area contributed by atoms with Gasteiger partial charge in [-0.15, -0.1) is 0 Å². The Morgan fingerprint density at radius 2 is 2.43 bits per heavy atom. The zero-order chi connectivity index (χ0) is 15.4. The Labute approximate surface area is 123 Å². The average Bonchev–Trinajstić information content (AvgIpc) is 2.93. The quantitative estimate of drug-likeness (QED) is 0.828. The van der Waals surface area contributed by atoms with Crippen molar-refractivity contribution in [1.82, 2.24) is 9.88 Å². The highest BCUT2D eigenvalue weighted by Crippen LogP contribution is 2.23. The molecule has 21 heavy (non-hydrogen) atoms. The van der Waals surface area contributed by atoms with E-state index in [0.717, 1.165) is 10.6 Å². The van der Waals surface area contributed by atoms with E-state index in [2.05, 4.69) is 10.6 Å². The largest absolute Gasteiger partial charge is 0.357 e. The van der Waals surface area contributed by atoms with E-state index in [-0.39, 0.29) is 28.9 Å². The predicted molar refractivity (Wildman–Crippen MR) is 75.4 cm³/mol. The molecule has 0 radical (unpaired) electrons. The van der Waals surface area contributed by atoms with Crippen molar-refractivity contribution in [3.63, 3.8) is 0 Å². The Kier molecular flexibility index (Phi) is 5.32. The summed E-state index contributed by atoms with van der Waals surface area (Å²) in [6.07, 6.45) is 1.23. The van der Waals surface area contributed by atoms with Crippen molar-refractivity contribution in [1.29, 1.82) is 0 Å². The molecule has 2 unspecified atom stereocenters. The minimum Gasteiger partial charge on any atom is -0.357 e. The lowest BCUT2D eigenvalue weighted by atomic mass is 10.3. The van der Waals surface area contributed by atoms with Crippen LogP contribution in [0.3, 0.4) is 0 Å². The Bertz CT molecular complexity index is 581. The van der Waals surface area contributed by atoms with Crippen molar-refractivity contribution < 1.29 is 18.3 Å². The van der Waals surface area contributed by atoms with Crippen molar-refractivity contribution >= 4 is 23.4 Å². The number of halogens is 2. The van der Waals surface area contributed by atoms with Gasteiger partial charge in [0.25, 0.3) is 5.56 Å². The summed E-state index contributed by atoms with van der Waals surface area (Å²) >= 11 is 1.29. The maximum atomic E-state index is 13.5. The first-order valence-corrected chi connectivity index (χ1v) is 7.18. The third kappa shape index (κ3) is 3.80. The van der Waals surface area contributed by atoms with Gasteiger partial charge in [-0.25, -0.2) is 8.78 Å². The number of hydrogen-bond acceptors (Lipinski definition) is 5. The van der Waals surface area contributed by atoms with Crippen molar-refractivity contribution in [3.8, 4) is 0 Å². The minimum absolute atomic E-state index is 0.118. The van der Waals surface area contributed by atoms with E-state index in [4.69, 9.17) is 4.74 Å². The first-order valence-electron chi connectivity index (χ1n) is 6.23. The van der Waals surface area contributed by atoms with Gasteiger partial charge in [0, 0.05) is 25.9 Å². The van der Waals surface area contributed by atoms with Gasteiger partial charge in [0.15, 0.2) is 11.4 Å². The average molecular weight is 319 g/mol. The maximum Gasteiger partial charge on any atom is 0.286 e. The summed E-state index contributed by atoms with van der Waals surface area (Å²) in [5, 5.41) is 5.10. The highest BCUT2D eigenvalue weighted by Gasteiger charge is 2.30. The maximum absolute atomic E-state index is 13.5. The van der Waals surface area contributed by atoms with E-state index >= 15 is 0 Å².